The monoisotopic (exact) mass is 699 g/mol. The third kappa shape index (κ3) is 4.90. The first-order valence-corrected chi connectivity index (χ1v) is 18.3. The minimum absolute atomic E-state index is 0.642. The summed E-state index contributed by atoms with van der Waals surface area (Å²) in [5.74, 6) is 1.93. The van der Waals surface area contributed by atoms with Crippen molar-refractivity contribution in [3.8, 4) is 57.0 Å². The summed E-state index contributed by atoms with van der Waals surface area (Å²) < 4.78 is 2.28. The highest BCUT2D eigenvalue weighted by Gasteiger charge is 2.20. The highest BCUT2D eigenvalue weighted by atomic mass is 15.0. The number of hydrogen-bond donors (Lipinski definition) is 0. The second kappa shape index (κ2) is 12.2. The molecule has 0 aliphatic heterocycles. The van der Waals surface area contributed by atoms with E-state index in [4.69, 9.17) is 15.0 Å². The summed E-state index contributed by atoms with van der Waals surface area (Å²) in [4.78, 5) is 15.1. The van der Waals surface area contributed by atoms with E-state index in [0.717, 1.165) is 60.7 Å². The zero-order valence-electron chi connectivity index (χ0n) is 29.5. The summed E-state index contributed by atoms with van der Waals surface area (Å²) in [6.07, 6.45) is 0. The zero-order valence-corrected chi connectivity index (χ0v) is 29.5. The van der Waals surface area contributed by atoms with E-state index in [0.29, 0.717) is 23.0 Å². The van der Waals surface area contributed by atoms with Gasteiger partial charge < -0.3 is 4.57 Å². The topological polar surface area (TPSA) is 67.4 Å². The molecule has 11 rings (SSSR count). The van der Waals surface area contributed by atoms with Gasteiger partial charge in [-0.2, -0.15) is 5.26 Å². The van der Waals surface area contributed by atoms with Gasteiger partial charge in [-0.15, -0.1) is 0 Å². The Morgan fingerprint density at radius 2 is 0.891 bits per heavy atom. The van der Waals surface area contributed by atoms with Gasteiger partial charge in [-0.05, 0) is 79.8 Å². The minimum atomic E-state index is 0.642. The Kier molecular flexibility index (Phi) is 6.85. The Bertz CT molecular complexity index is 3250. The van der Waals surface area contributed by atoms with Gasteiger partial charge in [0, 0.05) is 33.2 Å². The fourth-order valence-electron chi connectivity index (χ4n) is 8.29. The summed E-state index contributed by atoms with van der Waals surface area (Å²) in [6, 6.07) is 63.4. The molecule has 2 heterocycles. The molecule has 0 saturated heterocycles. The maximum absolute atomic E-state index is 9.78. The molecule has 0 aliphatic rings. The molecule has 0 unspecified atom stereocenters. The normalized spacial score (nSPS) is 11.6. The van der Waals surface area contributed by atoms with Crippen LogP contribution in [0.5, 0.6) is 0 Å². The van der Waals surface area contributed by atoms with E-state index in [9.17, 15) is 5.26 Å². The van der Waals surface area contributed by atoms with E-state index >= 15 is 0 Å². The molecule has 0 N–H and O–H groups in total. The van der Waals surface area contributed by atoms with Crippen LogP contribution in [0, 0.1) is 11.3 Å². The fraction of sp³-hybridized carbons (Fsp3) is 0. The van der Waals surface area contributed by atoms with Crippen LogP contribution < -0.4 is 0 Å². The molecule has 254 valence electrons. The van der Waals surface area contributed by atoms with E-state index in [1.54, 1.807) is 0 Å². The summed E-state index contributed by atoms with van der Waals surface area (Å²) in [5.41, 5.74) is 8.96. The number of benzene rings is 9. The Balaban J connectivity index is 1.14. The maximum Gasteiger partial charge on any atom is 0.164 e. The molecule has 0 bridgehead atoms. The second-order valence-corrected chi connectivity index (χ2v) is 13.9. The summed E-state index contributed by atoms with van der Waals surface area (Å²) >= 11 is 0. The molecular formula is C50H29N5. The number of rotatable bonds is 5. The Hall–Kier alpha value is -7.68. The molecule has 2 aromatic heterocycles. The number of nitrogens with zero attached hydrogens (tertiary/aromatic N) is 5. The van der Waals surface area contributed by atoms with Crippen molar-refractivity contribution in [3.05, 3.63) is 181 Å². The summed E-state index contributed by atoms with van der Waals surface area (Å²) in [6.45, 7) is 0. The average Bonchev–Trinajstić information content (AvgIpc) is 3.59. The Labute approximate surface area is 316 Å². The first-order chi connectivity index (χ1) is 27.2. The molecule has 0 aliphatic carbocycles. The lowest BCUT2D eigenvalue weighted by molar-refractivity contribution is 1.08. The molecule has 0 spiro atoms. The first kappa shape index (κ1) is 30.9. The predicted molar refractivity (Wildman–Crippen MR) is 224 cm³/mol. The smallest absolute Gasteiger partial charge is 0.164 e. The van der Waals surface area contributed by atoms with Gasteiger partial charge in [0.2, 0.25) is 0 Å². The first-order valence-electron chi connectivity index (χ1n) is 18.3. The van der Waals surface area contributed by atoms with Gasteiger partial charge in [0.15, 0.2) is 17.5 Å². The van der Waals surface area contributed by atoms with E-state index < -0.39 is 0 Å². The van der Waals surface area contributed by atoms with Crippen molar-refractivity contribution in [1.29, 1.82) is 5.26 Å². The minimum Gasteiger partial charge on any atom is -0.309 e. The second-order valence-electron chi connectivity index (χ2n) is 13.9. The maximum atomic E-state index is 9.78. The van der Waals surface area contributed by atoms with E-state index in [-0.39, 0.29) is 0 Å². The van der Waals surface area contributed by atoms with Gasteiger partial charge in [0.05, 0.1) is 22.7 Å². The van der Waals surface area contributed by atoms with Gasteiger partial charge in [-0.3, -0.25) is 0 Å². The third-order valence-corrected chi connectivity index (χ3v) is 10.8. The van der Waals surface area contributed by atoms with Crippen molar-refractivity contribution in [2.24, 2.45) is 0 Å². The number of aromatic nitrogens is 4. The summed E-state index contributed by atoms with van der Waals surface area (Å²) in [5, 5.41) is 19.1. The van der Waals surface area contributed by atoms with Crippen LogP contribution in [0.1, 0.15) is 5.56 Å². The van der Waals surface area contributed by atoms with Crippen molar-refractivity contribution >= 4 is 54.1 Å². The third-order valence-electron chi connectivity index (χ3n) is 10.8. The average molecular weight is 700 g/mol. The van der Waals surface area contributed by atoms with Crippen molar-refractivity contribution in [2.75, 3.05) is 0 Å². The molecule has 0 saturated carbocycles. The molecule has 9 aromatic carbocycles. The highest BCUT2D eigenvalue weighted by Crippen LogP contribution is 2.43. The van der Waals surface area contributed by atoms with Gasteiger partial charge in [0.25, 0.3) is 0 Å². The molecule has 0 fully saturated rings. The Morgan fingerprint density at radius 3 is 1.51 bits per heavy atom. The molecule has 11 aromatic rings. The zero-order chi connectivity index (χ0) is 36.5. The van der Waals surface area contributed by atoms with Crippen molar-refractivity contribution in [3.63, 3.8) is 0 Å². The number of fused-ring (bicyclic) bond motifs is 3. The van der Waals surface area contributed by atoms with Crippen LogP contribution >= 0.6 is 0 Å². The molecule has 0 radical (unpaired) electrons. The van der Waals surface area contributed by atoms with Crippen LogP contribution in [0.2, 0.25) is 0 Å². The van der Waals surface area contributed by atoms with Crippen LogP contribution in [0.25, 0.3) is 105 Å². The van der Waals surface area contributed by atoms with E-state index in [1.165, 1.54) is 26.9 Å². The van der Waals surface area contributed by atoms with E-state index in [1.807, 2.05) is 78.9 Å². The molecule has 55 heavy (non-hydrogen) atoms. The van der Waals surface area contributed by atoms with Crippen molar-refractivity contribution < 1.29 is 0 Å². The molecule has 0 amide bonds. The van der Waals surface area contributed by atoms with Gasteiger partial charge >= 0.3 is 0 Å². The lowest BCUT2D eigenvalue weighted by Gasteiger charge is -2.17. The number of nitriles is 1. The fourth-order valence-corrected chi connectivity index (χ4v) is 8.29. The van der Waals surface area contributed by atoms with E-state index in [2.05, 4.69) is 108 Å². The van der Waals surface area contributed by atoms with Gasteiger partial charge in [-0.25, -0.2) is 15.0 Å². The lowest BCUT2D eigenvalue weighted by atomic mass is 9.88. The standard InChI is InChI=1S/C50H29N5/c51-30-31-16-22-39-40-24-21-36(29-45(40)55(44(39)28-31)37-14-8-3-9-15-37)38-23-17-32-19-26-42-43(27-20-33-18-25-41(38)46(32)47(33)42)50-53-48(34-10-4-1-5-11-34)52-49(54-50)35-12-6-2-7-13-35/h1-29H. The van der Waals surface area contributed by atoms with Gasteiger partial charge in [0.1, 0.15) is 0 Å². The lowest BCUT2D eigenvalue weighted by Crippen LogP contribution is -2.00. The van der Waals surface area contributed by atoms with Crippen molar-refractivity contribution in [2.45, 2.75) is 0 Å². The Morgan fingerprint density at radius 1 is 0.400 bits per heavy atom. The van der Waals surface area contributed by atoms with Crippen LogP contribution in [0.15, 0.2) is 176 Å². The molecule has 0 atom stereocenters. The molecule has 5 heteroatoms. The summed E-state index contributed by atoms with van der Waals surface area (Å²) in [7, 11) is 0. The predicted octanol–water partition coefficient (Wildman–Crippen LogP) is 12.4. The highest BCUT2D eigenvalue weighted by molar-refractivity contribution is 6.27. The van der Waals surface area contributed by atoms with Crippen LogP contribution in [0.4, 0.5) is 0 Å². The number of para-hydroxylation sites is 1. The van der Waals surface area contributed by atoms with Crippen LogP contribution in [0.3, 0.4) is 0 Å². The SMILES string of the molecule is N#Cc1ccc2c3ccc(-c4ccc5ccc6c(-c7nc(-c8ccccc8)nc(-c8ccccc8)n7)ccc7ccc4c5c76)cc3n(-c3ccccc3)c2c1. The van der Waals surface area contributed by atoms with Crippen molar-refractivity contribution in [1.82, 2.24) is 19.5 Å². The van der Waals surface area contributed by atoms with Crippen LogP contribution in [-0.2, 0) is 0 Å². The number of hydrogen-bond acceptors (Lipinski definition) is 4. The van der Waals surface area contributed by atoms with Crippen LogP contribution in [-0.4, -0.2) is 19.5 Å². The molecular weight excluding hydrogens is 671 g/mol. The molecule has 5 nitrogen and oxygen atoms in total. The van der Waals surface area contributed by atoms with Gasteiger partial charge in [-0.1, -0.05) is 140 Å². The quantitative estimate of drug-likeness (QED) is 0.168. The largest absolute Gasteiger partial charge is 0.309 e.